The number of carbonyl (C=O) groups is 1. The summed E-state index contributed by atoms with van der Waals surface area (Å²) in [6.45, 7) is 0. The number of amides is 1. The van der Waals surface area contributed by atoms with Gasteiger partial charge in [0, 0.05) is 33.9 Å². The molecule has 0 spiro atoms. The molecular weight excluding hydrogens is 351 g/mol. The molecule has 6 heteroatoms. The molecular formula is C17H22Cl2N2OS. The number of carbonyl (C=O) groups excluding carboxylic acids is 1. The zero-order valence-corrected chi connectivity index (χ0v) is 15.6. The van der Waals surface area contributed by atoms with Gasteiger partial charge in [0.15, 0.2) is 0 Å². The molecule has 3 nitrogen and oxygen atoms in total. The first-order chi connectivity index (χ1) is 11.0. The minimum Gasteiger partial charge on any atom is -0.353 e. The van der Waals surface area contributed by atoms with Gasteiger partial charge < -0.3 is 10.2 Å². The van der Waals surface area contributed by atoms with Gasteiger partial charge in [0.05, 0.1) is 5.75 Å². The van der Waals surface area contributed by atoms with Crippen molar-refractivity contribution in [2.75, 3.05) is 12.8 Å². The average Bonchev–Trinajstić information content (AvgIpc) is 2.72. The smallest absolute Gasteiger partial charge is 0.230 e. The molecule has 0 aliphatic carbocycles. The van der Waals surface area contributed by atoms with Crippen LogP contribution in [0.5, 0.6) is 0 Å². The van der Waals surface area contributed by atoms with Crippen molar-refractivity contribution < 1.29 is 4.79 Å². The Bertz CT molecular complexity index is 570. The van der Waals surface area contributed by atoms with Gasteiger partial charge in [-0.15, -0.1) is 11.8 Å². The van der Waals surface area contributed by atoms with Crippen molar-refractivity contribution >= 4 is 40.9 Å². The fourth-order valence-corrected chi connectivity index (χ4v) is 5.09. The quantitative estimate of drug-likeness (QED) is 0.848. The number of thioether (sulfide) groups is 1. The maximum atomic E-state index is 12.2. The van der Waals surface area contributed by atoms with E-state index in [0.29, 0.717) is 33.9 Å². The van der Waals surface area contributed by atoms with Crippen molar-refractivity contribution in [2.24, 2.45) is 0 Å². The number of nitrogens with zero attached hydrogens (tertiary/aromatic N) is 1. The topological polar surface area (TPSA) is 32.3 Å². The van der Waals surface area contributed by atoms with Gasteiger partial charge in [-0.1, -0.05) is 29.3 Å². The molecule has 0 aromatic heterocycles. The zero-order valence-electron chi connectivity index (χ0n) is 13.2. The van der Waals surface area contributed by atoms with Crippen LogP contribution in [0.25, 0.3) is 0 Å². The predicted octanol–water partition coefficient (Wildman–Crippen LogP) is 3.97. The van der Waals surface area contributed by atoms with E-state index < -0.39 is 0 Å². The molecule has 2 aliphatic heterocycles. The lowest BCUT2D eigenvalue weighted by Gasteiger charge is -2.36. The summed E-state index contributed by atoms with van der Waals surface area (Å²) in [5.74, 6) is 1.33. The molecule has 2 fully saturated rings. The summed E-state index contributed by atoms with van der Waals surface area (Å²) in [5.41, 5.74) is 1.02. The largest absolute Gasteiger partial charge is 0.353 e. The summed E-state index contributed by atoms with van der Waals surface area (Å²) in [4.78, 5) is 14.6. The lowest BCUT2D eigenvalue weighted by Crippen LogP contribution is -2.49. The first-order valence-corrected chi connectivity index (χ1v) is 9.97. The average molecular weight is 373 g/mol. The zero-order chi connectivity index (χ0) is 16.4. The highest BCUT2D eigenvalue weighted by Crippen LogP contribution is 2.34. The monoisotopic (exact) mass is 372 g/mol. The van der Waals surface area contributed by atoms with Gasteiger partial charge in [0.2, 0.25) is 5.91 Å². The van der Waals surface area contributed by atoms with E-state index in [0.717, 1.165) is 24.2 Å². The molecule has 2 heterocycles. The van der Waals surface area contributed by atoms with Crippen LogP contribution in [0, 0.1) is 0 Å². The summed E-state index contributed by atoms with van der Waals surface area (Å²) in [6, 6.07) is 7.14. The van der Waals surface area contributed by atoms with Gasteiger partial charge in [-0.25, -0.2) is 0 Å². The summed E-state index contributed by atoms with van der Waals surface area (Å²) < 4.78 is 0. The second kappa shape index (κ2) is 7.64. The van der Waals surface area contributed by atoms with E-state index in [4.69, 9.17) is 23.2 Å². The second-order valence-corrected chi connectivity index (χ2v) is 8.34. The first-order valence-electron chi connectivity index (χ1n) is 8.06. The Balaban J connectivity index is 1.42. The van der Waals surface area contributed by atoms with Crippen LogP contribution < -0.4 is 5.32 Å². The molecule has 1 N–H and O–H groups in total. The number of hydrogen-bond donors (Lipinski definition) is 1. The van der Waals surface area contributed by atoms with E-state index in [2.05, 4.69) is 17.3 Å². The minimum absolute atomic E-state index is 0.133. The van der Waals surface area contributed by atoms with Crippen LogP contribution in [0.2, 0.25) is 10.0 Å². The highest BCUT2D eigenvalue weighted by atomic mass is 35.5. The van der Waals surface area contributed by atoms with Crippen LogP contribution in [0.3, 0.4) is 0 Å². The van der Waals surface area contributed by atoms with Crippen molar-refractivity contribution in [2.45, 2.75) is 49.6 Å². The Morgan fingerprint density at radius 2 is 2.00 bits per heavy atom. The molecule has 23 heavy (non-hydrogen) atoms. The normalized spacial score (nSPS) is 27.2. The molecule has 0 unspecified atom stereocenters. The maximum absolute atomic E-state index is 12.2. The molecule has 3 rings (SSSR count). The number of fused-ring (bicyclic) bond motifs is 2. The summed E-state index contributed by atoms with van der Waals surface area (Å²) in [5, 5.41) is 4.51. The highest BCUT2D eigenvalue weighted by Gasteiger charge is 2.38. The van der Waals surface area contributed by atoms with Crippen molar-refractivity contribution in [1.82, 2.24) is 10.2 Å². The molecule has 2 bridgehead atoms. The lowest BCUT2D eigenvalue weighted by molar-refractivity contribution is -0.119. The molecule has 2 saturated heterocycles. The van der Waals surface area contributed by atoms with Crippen LogP contribution in [0.15, 0.2) is 18.2 Å². The highest BCUT2D eigenvalue weighted by molar-refractivity contribution is 7.99. The molecule has 0 saturated carbocycles. The number of nitrogens with one attached hydrogen (secondary N) is 1. The first kappa shape index (κ1) is 17.4. The third kappa shape index (κ3) is 4.36. The summed E-state index contributed by atoms with van der Waals surface area (Å²) >= 11 is 13.6. The van der Waals surface area contributed by atoms with E-state index in [9.17, 15) is 4.79 Å². The molecule has 1 aromatic rings. The van der Waals surface area contributed by atoms with Crippen LogP contribution in [-0.4, -0.2) is 41.7 Å². The van der Waals surface area contributed by atoms with Crippen molar-refractivity contribution in [3.63, 3.8) is 0 Å². The van der Waals surface area contributed by atoms with Crippen LogP contribution in [0.4, 0.5) is 0 Å². The number of rotatable bonds is 5. The Labute approximate surface area is 152 Å². The van der Waals surface area contributed by atoms with Gasteiger partial charge >= 0.3 is 0 Å². The summed E-state index contributed by atoms with van der Waals surface area (Å²) in [6.07, 6.45) is 4.73. The third-order valence-corrected chi connectivity index (χ3v) is 6.54. The van der Waals surface area contributed by atoms with Crippen LogP contribution in [-0.2, 0) is 10.5 Å². The van der Waals surface area contributed by atoms with Gasteiger partial charge in [-0.05, 0) is 50.4 Å². The molecule has 2 atom stereocenters. The SMILES string of the molecule is CN1[C@H]2CC[C@H]1CC(NC(=O)CSCc1ccc(Cl)cc1Cl)C2. The van der Waals surface area contributed by atoms with Crippen molar-refractivity contribution in [3.8, 4) is 0 Å². The van der Waals surface area contributed by atoms with E-state index in [-0.39, 0.29) is 5.91 Å². The molecule has 1 aromatic carbocycles. The Kier molecular flexibility index (Phi) is 5.78. The van der Waals surface area contributed by atoms with Gasteiger partial charge in [-0.3, -0.25) is 4.79 Å². The second-order valence-electron chi connectivity index (χ2n) is 6.51. The lowest BCUT2D eigenvalue weighted by atomic mass is 9.98. The number of benzene rings is 1. The Hall–Kier alpha value is -0.420. The standard InChI is InChI=1S/C17H22Cl2N2OS/c1-21-14-4-5-15(21)8-13(7-14)20-17(22)10-23-9-11-2-3-12(18)6-16(11)19/h2-3,6,13-15H,4-5,7-10H2,1H3,(H,20,22)/t14-,15-/m0/s1. The fourth-order valence-electron chi connectivity index (χ4n) is 3.69. The number of piperidine rings is 1. The maximum Gasteiger partial charge on any atom is 0.230 e. The number of hydrogen-bond acceptors (Lipinski definition) is 3. The Morgan fingerprint density at radius 3 is 2.65 bits per heavy atom. The third-order valence-electron chi connectivity index (χ3n) is 4.97. The van der Waals surface area contributed by atoms with E-state index in [1.54, 1.807) is 17.8 Å². The van der Waals surface area contributed by atoms with Gasteiger partial charge in [-0.2, -0.15) is 0 Å². The van der Waals surface area contributed by atoms with Gasteiger partial charge in [0.1, 0.15) is 0 Å². The van der Waals surface area contributed by atoms with Crippen molar-refractivity contribution in [3.05, 3.63) is 33.8 Å². The Morgan fingerprint density at radius 1 is 1.30 bits per heavy atom. The van der Waals surface area contributed by atoms with Crippen LogP contribution in [0.1, 0.15) is 31.2 Å². The molecule has 1 amide bonds. The predicted molar refractivity (Wildman–Crippen MR) is 98.4 cm³/mol. The minimum atomic E-state index is 0.133. The van der Waals surface area contributed by atoms with Crippen molar-refractivity contribution in [1.29, 1.82) is 0 Å². The molecule has 126 valence electrons. The number of halogens is 2. The van der Waals surface area contributed by atoms with E-state index in [1.165, 1.54) is 12.8 Å². The van der Waals surface area contributed by atoms with E-state index >= 15 is 0 Å². The molecule has 2 aliphatic rings. The van der Waals surface area contributed by atoms with E-state index in [1.807, 2.05) is 12.1 Å². The molecule has 0 radical (unpaired) electrons. The van der Waals surface area contributed by atoms with Crippen LogP contribution >= 0.6 is 35.0 Å². The fraction of sp³-hybridized carbons (Fsp3) is 0.588. The summed E-state index contributed by atoms with van der Waals surface area (Å²) in [7, 11) is 2.21. The van der Waals surface area contributed by atoms with Gasteiger partial charge in [0.25, 0.3) is 0 Å².